The van der Waals surface area contributed by atoms with Gasteiger partial charge >= 0.3 is 18.0 Å². The minimum atomic E-state index is -0.748. The third kappa shape index (κ3) is 7.31. The molecule has 9 nitrogen and oxygen atoms in total. The van der Waals surface area contributed by atoms with Crippen molar-refractivity contribution < 1.29 is 28.7 Å². The summed E-state index contributed by atoms with van der Waals surface area (Å²) in [6, 6.07) is 12.4. The van der Waals surface area contributed by atoms with Crippen molar-refractivity contribution in [2.75, 3.05) is 18.5 Å². The summed E-state index contributed by atoms with van der Waals surface area (Å²) >= 11 is 0. The van der Waals surface area contributed by atoms with E-state index in [1.165, 1.54) is 11.0 Å². The van der Waals surface area contributed by atoms with Crippen molar-refractivity contribution in [2.24, 2.45) is 0 Å². The summed E-state index contributed by atoms with van der Waals surface area (Å²) in [4.78, 5) is 52.4. The van der Waals surface area contributed by atoms with Crippen LogP contribution in [-0.4, -0.2) is 53.6 Å². The maximum atomic E-state index is 13.4. The van der Waals surface area contributed by atoms with Crippen LogP contribution in [-0.2, 0) is 19.1 Å². The second-order valence-corrected chi connectivity index (χ2v) is 9.91. The molecule has 2 N–H and O–H groups in total. The monoisotopic (exact) mass is 509 g/mol. The van der Waals surface area contributed by atoms with Crippen molar-refractivity contribution in [3.05, 3.63) is 65.2 Å². The van der Waals surface area contributed by atoms with Crippen LogP contribution in [0.1, 0.15) is 68.1 Å². The Hall–Kier alpha value is -3.88. The first-order chi connectivity index (χ1) is 17.5. The van der Waals surface area contributed by atoms with E-state index >= 15 is 0 Å². The summed E-state index contributed by atoms with van der Waals surface area (Å²) in [7, 11) is 0. The molecule has 2 aromatic carbocycles. The van der Waals surface area contributed by atoms with Crippen molar-refractivity contribution in [1.29, 1.82) is 0 Å². The van der Waals surface area contributed by atoms with Crippen molar-refractivity contribution in [1.82, 2.24) is 10.2 Å². The molecular weight excluding hydrogens is 474 g/mol. The molecule has 0 radical (unpaired) electrons. The molecule has 1 aliphatic rings. The third-order valence-corrected chi connectivity index (χ3v) is 5.93. The molecule has 2 aromatic rings. The van der Waals surface area contributed by atoms with E-state index in [2.05, 4.69) is 10.6 Å². The van der Waals surface area contributed by atoms with E-state index in [9.17, 15) is 19.2 Å². The number of nitrogens with one attached hydrogen (secondary N) is 2. The Bertz CT molecular complexity index is 1160. The number of likely N-dealkylation sites (tertiary alicyclic amines) is 1. The molecule has 0 aliphatic carbocycles. The van der Waals surface area contributed by atoms with Crippen LogP contribution in [0.5, 0.6) is 0 Å². The predicted octanol–water partition coefficient (Wildman–Crippen LogP) is 4.37. The standard InChI is InChI=1S/C28H35N3O6/c1-6-36-25(33)19-11-9-12-20(16-19)30-27(35)29-17-24(32)31-22(21-13-8-7-10-18(21)2)14-15-23(31)26(34)37-28(3,4)5/h7-13,16,22-23H,6,14-15,17H2,1-5H3,(H2,29,30,35). The minimum Gasteiger partial charge on any atom is -0.462 e. The van der Waals surface area contributed by atoms with Crippen molar-refractivity contribution in [3.8, 4) is 0 Å². The highest BCUT2D eigenvalue weighted by molar-refractivity contribution is 5.95. The number of benzene rings is 2. The number of urea groups is 1. The Morgan fingerprint density at radius 3 is 2.43 bits per heavy atom. The van der Waals surface area contributed by atoms with Gasteiger partial charge in [0.15, 0.2) is 0 Å². The number of ether oxygens (including phenoxy) is 2. The molecule has 0 aromatic heterocycles. The number of hydrogen-bond acceptors (Lipinski definition) is 6. The van der Waals surface area contributed by atoms with Gasteiger partial charge in [-0.05, 0) is 76.8 Å². The molecule has 1 saturated heterocycles. The summed E-state index contributed by atoms with van der Waals surface area (Å²) in [6.07, 6.45) is 1.07. The Labute approximate surface area is 217 Å². The normalized spacial score (nSPS) is 17.2. The van der Waals surface area contributed by atoms with Gasteiger partial charge in [-0.25, -0.2) is 14.4 Å². The summed E-state index contributed by atoms with van der Waals surface area (Å²) < 4.78 is 10.6. The number of esters is 2. The number of nitrogens with zero attached hydrogens (tertiary/aromatic N) is 1. The van der Waals surface area contributed by atoms with Crippen LogP contribution in [0.3, 0.4) is 0 Å². The maximum absolute atomic E-state index is 13.4. The zero-order valence-corrected chi connectivity index (χ0v) is 22.0. The van der Waals surface area contributed by atoms with Gasteiger partial charge in [0.05, 0.1) is 24.8 Å². The fourth-order valence-corrected chi connectivity index (χ4v) is 4.39. The lowest BCUT2D eigenvalue weighted by Crippen LogP contribution is -2.48. The molecule has 198 valence electrons. The van der Waals surface area contributed by atoms with E-state index in [0.29, 0.717) is 24.1 Å². The Balaban J connectivity index is 1.72. The first-order valence-corrected chi connectivity index (χ1v) is 12.4. The van der Waals surface area contributed by atoms with Gasteiger partial charge in [-0.15, -0.1) is 0 Å². The van der Waals surface area contributed by atoms with Crippen LogP contribution in [0.4, 0.5) is 10.5 Å². The largest absolute Gasteiger partial charge is 0.462 e. The quantitative estimate of drug-likeness (QED) is 0.536. The van der Waals surface area contributed by atoms with Gasteiger partial charge in [0, 0.05) is 5.69 Å². The summed E-state index contributed by atoms with van der Waals surface area (Å²) in [5, 5.41) is 5.19. The third-order valence-electron chi connectivity index (χ3n) is 5.93. The van der Waals surface area contributed by atoms with E-state index in [4.69, 9.17) is 9.47 Å². The lowest BCUT2D eigenvalue weighted by atomic mass is 9.99. The Kier molecular flexibility index (Phi) is 8.91. The van der Waals surface area contributed by atoms with Gasteiger partial charge in [0.2, 0.25) is 5.91 Å². The van der Waals surface area contributed by atoms with E-state index in [0.717, 1.165) is 11.1 Å². The van der Waals surface area contributed by atoms with E-state index in [1.807, 2.05) is 31.2 Å². The molecule has 2 atom stereocenters. The molecule has 9 heteroatoms. The Morgan fingerprint density at radius 2 is 1.76 bits per heavy atom. The topological polar surface area (TPSA) is 114 Å². The number of rotatable bonds is 7. The highest BCUT2D eigenvalue weighted by Gasteiger charge is 2.43. The summed E-state index contributed by atoms with van der Waals surface area (Å²) in [5.74, 6) is -1.35. The van der Waals surface area contributed by atoms with Crippen LogP contribution in [0.15, 0.2) is 48.5 Å². The molecule has 0 spiro atoms. The van der Waals surface area contributed by atoms with Crippen LogP contribution in [0.25, 0.3) is 0 Å². The van der Waals surface area contributed by atoms with Crippen molar-refractivity contribution in [2.45, 2.75) is 65.1 Å². The predicted molar refractivity (Wildman–Crippen MR) is 139 cm³/mol. The first-order valence-electron chi connectivity index (χ1n) is 12.4. The van der Waals surface area contributed by atoms with Crippen LogP contribution in [0, 0.1) is 6.92 Å². The van der Waals surface area contributed by atoms with Crippen LogP contribution >= 0.6 is 0 Å². The lowest BCUT2D eigenvalue weighted by Gasteiger charge is -2.32. The van der Waals surface area contributed by atoms with Crippen LogP contribution in [0.2, 0.25) is 0 Å². The number of anilines is 1. The molecule has 1 aliphatic heterocycles. The zero-order chi connectivity index (χ0) is 27.2. The van der Waals surface area contributed by atoms with Gasteiger partial charge in [-0.2, -0.15) is 0 Å². The fraction of sp³-hybridized carbons (Fsp3) is 0.429. The number of amides is 3. The molecule has 1 heterocycles. The average Bonchev–Trinajstić information content (AvgIpc) is 3.27. The molecule has 2 unspecified atom stereocenters. The SMILES string of the molecule is CCOC(=O)c1cccc(NC(=O)NCC(=O)N2C(C(=O)OC(C)(C)C)CCC2c2ccccc2C)c1. The van der Waals surface area contributed by atoms with Gasteiger partial charge in [-0.3, -0.25) is 4.79 Å². The molecular formula is C28H35N3O6. The van der Waals surface area contributed by atoms with Gasteiger partial charge in [0.25, 0.3) is 0 Å². The molecule has 3 amide bonds. The number of aryl methyl sites for hydroxylation is 1. The number of hydrogen-bond donors (Lipinski definition) is 2. The molecule has 1 fully saturated rings. The second kappa shape index (κ2) is 11.9. The van der Waals surface area contributed by atoms with Crippen LogP contribution < -0.4 is 10.6 Å². The second-order valence-electron chi connectivity index (χ2n) is 9.91. The van der Waals surface area contributed by atoms with Gasteiger partial charge in [0.1, 0.15) is 11.6 Å². The number of carbonyl (C=O) groups is 4. The smallest absolute Gasteiger partial charge is 0.338 e. The molecule has 0 saturated carbocycles. The minimum absolute atomic E-state index is 0.239. The van der Waals surface area contributed by atoms with E-state index < -0.39 is 35.5 Å². The Morgan fingerprint density at radius 1 is 1.03 bits per heavy atom. The summed E-state index contributed by atoms with van der Waals surface area (Å²) in [5.41, 5.74) is 1.96. The van der Waals surface area contributed by atoms with E-state index in [1.54, 1.807) is 45.9 Å². The maximum Gasteiger partial charge on any atom is 0.338 e. The molecule has 37 heavy (non-hydrogen) atoms. The molecule has 3 rings (SSSR count). The highest BCUT2D eigenvalue weighted by Crippen LogP contribution is 2.38. The average molecular weight is 510 g/mol. The van der Waals surface area contributed by atoms with Crippen molar-refractivity contribution in [3.63, 3.8) is 0 Å². The first kappa shape index (κ1) is 27.7. The van der Waals surface area contributed by atoms with Crippen molar-refractivity contribution >= 4 is 29.6 Å². The van der Waals surface area contributed by atoms with Gasteiger partial charge < -0.3 is 25.0 Å². The number of carbonyl (C=O) groups excluding carboxylic acids is 4. The zero-order valence-electron chi connectivity index (χ0n) is 22.0. The van der Waals surface area contributed by atoms with Gasteiger partial charge in [-0.1, -0.05) is 30.3 Å². The lowest BCUT2D eigenvalue weighted by molar-refractivity contribution is -0.164. The van der Waals surface area contributed by atoms with E-state index in [-0.39, 0.29) is 19.2 Å². The molecule has 0 bridgehead atoms. The highest BCUT2D eigenvalue weighted by atomic mass is 16.6. The fourth-order valence-electron chi connectivity index (χ4n) is 4.39. The summed E-state index contributed by atoms with van der Waals surface area (Å²) in [6.45, 7) is 8.96.